The van der Waals surface area contributed by atoms with Crippen LogP contribution in [0.1, 0.15) is 18.1 Å². The molecule has 1 atom stereocenters. The maximum Gasteiger partial charge on any atom is 0.320 e. The molecule has 1 aromatic rings. The summed E-state index contributed by atoms with van der Waals surface area (Å²) in [6, 6.07) is 8.19. The Kier molecular flexibility index (Phi) is 4.56. The standard InChI is InChI=1S/C15H22N2O2/c1-12-4-3-5-14(10-12)11-16-6-8-17(9-7-16)13(2)15(18)19/h3-5,10,13H,6-9,11H2,1-2H3,(H,18,19)/t13-/m1/s1. The fourth-order valence-electron chi connectivity index (χ4n) is 2.53. The number of piperazine rings is 1. The zero-order valence-corrected chi connectivity index (χ0v) is 11.7. The fraction of sp³-hybridized carbons (Fsp3) is 0.533. The molecule has 0 radical (unpaired) electrons. The zero-order valence-electron chi connectivity index (χ0n) is 11.7. The van der Waals surface area contributed by atoms with Crippen molar-refractivity contribution in [3.63, 3.8) is 0 Å². The summed E-state index contributed by atoms with van der Waals surface area (Å²) < 4.78 is 0. The van der Waals surface area contributed by atoms with Crippen molar-refractivity contribution in [3.05, 3.63) is 35.4 Å². The molecule has 1 fully saturated rings. The van der Waals surface area contributed by atoms with Crippen LogP contribution < -0.4 is 0 Å². The Hall–Kier alpha value is -1.39. The van der Waals surface area contributed by atoms with Gasteiger partial charge in [0.2, 0.25) is 0 Å². The van der Waals surface area contributed by atoms with Crippen molar-refractivity contribution < 1.29 is 9.90 Å². The molecule has 19 heavy (non-hydrogen) atoms. The van der Waals surface area contributed by atoms with Crippen molar-refractivity contribution in [1.29, 1.82) is 0 Å². The SMILES string of the molecule is Cc1cccc(CN2CCN([C@H](C)C(=O)O)CC2)c1. The summed E-state index contributed by atoms with van der Waals surface area (Å²) in [5.41, 5.74) is 2.62. The highest BCUT2D eigenvalue weighted by atomic mass is 16.4. The quantitative estimate of drug-likeness (QED) is 0.895. The van der Waals surface area contributed by atoms with E-state index in [1.165, 1.54) is 11.1 Å². The van der Waals surface area contributed by atoms with Gasteiger partial charge in [-0.15, -0.1) is 0 Å². The van der Waals surface area contributed by atoms with Crippen LogP contribution in [0.5, 0.6) is 0 Å². The van der Waals surface area contributed by atoms with Crippen LogP contribution in [0.3, 0.4) is 0 Å². The molecule has 0 spiro atoms. The summed E-state index contributed by atoms with van der Waals surface area (Å²) in [7, 11) is 0. The molecule has 4 heteroatoms. The predicted octanol–water partition coefficient (Wildman–Crippen LogP) is 1.59. The van der Waals surface area contributed by atoms with Crippen molar-refractivity contribution in [1.82, 2.24) is 9.80 Å². The summed E-state index contributed by atoms with van der Waals surface area (Å²) >= 11 is 0. The predicted molar refractivity (Wildman–Crippen MR) is 75.1 cm³/mol. The Bertz CT molecular complexity index is 440. The third-order valence-electron chi connectivity index (χ3n) is 3.80. The Morgan fingerprint density at radius 1 is 1.32 bits per heavy atom. The van der Waals surface area contributed by atoms with Gasteiger partial charge in [-0.2, -0.15) is 0 Å². The lowest BCUT2D eigenvalue weighted by Gasteiger charge is -2.36. The molecule has 104 valence electrons. The summed E-state index contributed by atoms with van der Waals surface area (Å²) in [6.07, 6.45) is 0. The molecule has 0 aliphatic carbocycles. The highest BCUT2D eigenvalue weighted by Crippen LogP contribution is 2.11. The number of nitrogens with zero attached hydrogens (tertiary/aromatic N) is 2. The third-order valence-corrected chi connectivity index (χ3v) is 3.80. The largest absolute Gasteiger partial charge is 0.480 e. The topological polar surface area (TPSA) is 43.8 Å². The van der Waals surface area contributed by atoms with Crippen LogP contribution in [0.2, 0.25) is 0 Å². The molecule has 1 N–H and O–H groups in total. The number of carboxylic acid groups (broad SMARTS) is 1. The lowest BCUT2D eigenvalue weighted by Crippen LogP contribution is -2.51. The van der Waals surface area contributed by atoms with Crippen LogP contribution in [-0.2, 0) is 11.3 Å². The third kappa shape index (κ3) is 3.78. The van der Waals surface area contributed by atoms with E-state index < -0.39 is 5.97 Å². The maximum absolute atomic E-state index is 11.0. The van der Waals surface area contributed by atoms with Crippen molar-refractivity contribution in [2.24, 2.45) is 0 Å². The summed E-state index contributed by atoms with van der Waals surface area (Å²) in [6.45, 7) is 8.36. The molecule has 0 saturated carbocycles. The average Bonchev–Trinajstić information content (AvgIpc) is 2.39. The van der Waals surface area contributed by atoms with Crippen molar-refractivity contribution in [2.45, 2.75) is 26.4 Å². The second-order valence-electron chi connectivity index (χ2n) is 5.32. The number of hydrogen-bond acceptors (Lipinski definition) is 3. The molecule has 1 saturated heterocycles. The smallest absolute Gasteiger partial charge is 0.320 e. The van der Waals surface area contributed by atoms with Crippen LogP contribution >= 0.6 is 0 Å². The summed E-state index contributed by atoms with van der Waals surface area (Å²) in [4.78, 5) is 15.4. The highest BCUT2D eigenvalue weighted by Gasteiger charge is 2.24. The van der Waals surface area contributed by atoms with Gasteiger partial charge in [-0.05, 0) is 19.4 Å². The van der Waals surface area contributed by atoms with Crippen LogP contribution in [0.15, 0.2) is 24.3 Å². The number of carbonyl (C=O) groups is 1. The number of aliphatic carboxylic acids is 1. The molecule has 0 aromatic heterocycles. The lowest BCUT2D eigenvalue weighted by atomic mass is 10.1. The van der Waals surface area contributed by atoms with E-state index in [-0.39, 0.29) is 6.04 Å². The first-order valence-corrected chi connectivity index (χ1v) is 6.81. The molecular weight excluding hydrogens is 240 g/mol. The normalized spacial score (nSPS) is 19.3. The van der Waals surface area contributed by atoms with Gasteiger partial charge < -0.3 is 5.11 Å². The highest BCUT2D eigenvalue weighted by molar-refractivity contribution is 5.72. The molecule has 0 bridgehead atoms. The molecule has 1 heterocycles. The summed E-state index contributed by atoms with van der Waals surface area (Å²) in [5, 5.41) is 9.01. The maximum atomic E-state index is 11.0. The minimum Gasteiger partial charge on any atom is -0.480 e. The van der Waals surface area contributed by atoms with E-state index in [9.17, 15) is 4.79 Å². The first-order valence-electron chi connectivity index (χ1n) is 6.81. The monoisotopic (exact) mass is 262 g/mol. The fourth-order valence-corrected chi connectivity index (χ4v) is 2.53. The van der Waals surface area contributed by atoms with Gasteiger partial charge in [-0.25, -0.2) is 0 Å². The number of carboxylic acids is 1. The zero-order chi connectivity index (χ0) is 13.8. The van der Waals surface area contributed by atoms with E-state index in [4.69, 9.17) is 5.11 Å². The van der Waals surface area contributed by atoms with Crippen LogP contribution in [-0.4, -0.2) is 53.1 Å². The molecular formula is C15H22N2O2. The summed E-state index contributed by atoms with van der Waals surface area (Å²) in [5.74, 6) is -0.730. The Morgan fingerprint density at radius 2 is 2.00 bits per heavy atom. The van der Waals surface area contributed by atoms with Gasteiger partial charge in [0.25, 0.3) is 0 Å². The number of aryl methyl sites for hydroxylation is 1. The van der Waals surface area contributed by atoms with Gasteiger partial charge in [-0.3, -0.25) is 14.6 Å². The molecule has 1 aromatic carbocycles. The van der Waals surface area contributed by atoms with Gasteiger partial charge in [0, 0.05) is 32.7 Å². The first-order chi connectivity index (χ1) is 9.06. The van der Waals surface area contributed by atoms with E-state index in [2.05, 4.69) is 36.1 Å². The van der Waals surface area contributed by atoms with Gasteiger partial charge in [-0.1, -0.05) is 29.8 Å². The van der Waals surface area contributed by atoms with E-state index in [1.807, 2.05) is 4.90 Å². The number of rotatable bonds is 4. The molecule has 0 unspecified atom stereocenters. The van der Waals surface area contributed by atoms with Crippen LogP contribution in [0.4, 0.5) is 0 Å². The first kappa shape index (κ1) is 14.0. The Balaban J connectivity index is 1.85. The number of benzene rings is 1. The second kappa shape index (κ2) is 6.17. The number of hydrogen-bond donors (Lipinski definition) is 1. The lowest BCUT2D eigenvalue weighted by molar-refractivity contribution is -0.143. The Morgan fingerprint density at radius 3 is 2.58 bits per heavy atom. The molecule has 1 aliphatic rings. The molecule has 1 aliphatic heterocycles. The van der Waals surface area contributed by atoms with Gasteiger partial charge in [0.1, 0.15) is 6.04 Å². The van der Waals surface area contributed by atoms with Gasteiger partial charge in [0.05, 0.1) is 0 Å². The average molecular weight is 262 g/mol. The van der Waals surface area contributed by atoms with E-state index in [0.717, 1.165) is 32.7 Å². The van der Waals surface area contributed by atoms with Gasteiger partial charge in [0.15, 0.2) is 0 Å². The molecule has 0 amide bonds. The van der Waals surface area contributed by atoms with E-state index in [0.29, 0.717) is 0 Å². The van der Waals surface area contributed by atoms with E-state index >= 15 is 0 Å². The van der Waals surface area contributed by atoms with Crippen LogP contribution in [0.25, 0.3) is 0 Å². The van der Waals surface area contributed by atoms with Crippen molar-refractivity contribution >= 4 is 5.97 Å². The minimum atomic E-state index is -0.730. The van der Waals surface area contributed by atoms with Gasteiger partial charge >= 0.3 is 5.97 Å². The molecule has 4 nitrogen and oxygen atoms in total. The Labute approximate surface area is 114 Å². The van der Waals surface area contributed by atoms with Crippen molar-refractivity contribution in [2.75, 3.05) is 26.2 Å². The minimum absolute atomic E-state index is 0.374. The van der Waals surface area contributed by atoms with Crippen LogP contribution in [0, 0.1) is 6.92 Å². The van der Waals surface area contributed by atoms with Crippen molar-refractivity contribution in [3.8, 4) is 0 Å². The second-order valence-corrected chi connectivity index (χ2v) is 5.32. The van der Waals surface area contributed by atoms with E-state index in [1.54, 1.807) is 6.92 Å². The molecule has 2 rings (SSSR count).